The standard InChI is InChI=1S/C12H8F3N4O2S3/c1-19-9(12(13,14)15)6-7(17-19)8-2-3-10(23-8)24(20,21)18-11-16-4-5-22-11/h2-4,6H,1H3,(H,16,18). The molecule has 0 fully saturated rings. The van der Waals surface area contributed by atoms with Crippen LogP contribution >= 0.6 is 22.7 Å². The monoisotopic (exact) mass is 393 g/mol. The van der Waals surface area contributed by atoms with Crippen molar-refractivity contribution >= 4 is 37.8 Å². The molecule has 3 heterocycles. The van der Waals surface area contributed by atoms with Crippen LogP contribution in [0.25, 0.3) is 10.6 Å². The molecular formula is C12H8F3N4O2S3. The molecule has 0 aromatic carbocycles. The first-order chi connectivity index (χ1) is 11.2. The molecule has 0 aliphatic rings. The molecule has 24 heavy (non-hydrogen) atoms. The summed E-state index contributed by atoms with van der Waals surface area (Å²) in [6.45, 7) is 0. The Hall–Kier alpha value is -1.92. The fraction of sp³-hybridized carbons (Fsp3) is 0.167. The Morgan fingerprint density at radius 2 is 2.08 bits per heavy atom. The summed E-state index contributed by atoms with van der Waals surface area (Å²) in [5.41, 5.74) is -0.856. The average Bonchev–Trinajstić information content (AvgIpc) is 3.15. The van der Waals surface area contributed by atoms with Gasteiger partial charge in [-0.2, -0.15) is 18.3 Å². The van der Waals surface area contributed by atoms with Crippen LogP contribution in [0.2, 0.25) is 0 Å². The maximum absolute atomic E-state index is 12.8. The van der Waals surface area contributed by atoms with Crippen LogP contribution in [0, 0.1) is 5.38 Å². The number of thiophene rings is 1. The minimum atomic E-state index is -4.53. The van der Waals surface area contributed by atoms with Gasteiger partial charge < -0.3 is 0 Å². The second kappa shape index (κ2) is 5.86. The molecule has 6 nitrogen and oxygen atoms in total. The summed E-state index contributed by atoms with van der Waals surface area (Å²) >= 11 is 1.81. The van der Waals surface area contributed by atoms with Crippen molar-refractivity contribution < 1.29 is 21.6 Å². The van der Waals surface area contributed by atoms with Gasteiger partial charge in [-0.15, -0.1) is 11.3 Å². The van der Waals surface area contributed by atoms with Crippen LogP contribution in [0.4, 0.5) is 18.3 Å². The van der Waals surface area contributed by atoms with Crippen LogP contribution in [0.5, 0.6) is 0 Å². The molecule has 1 N–H and O–H groups in total. The first-order valence-corrected chi connectivity index (χ1v) is 9.34. The fourth-order valence-electron chi connectivity index (χ4n) is 1.86. The fourth-order valence-corrected chi connectivity index (χ4v) is 4.84. The van der Waals surface area contributed by atoms with E-state index in [0.29, 0.717) is 9.56 Å². The lowest BCUT2D eigenvalue weighted by Gasteiger charge is -2.04. The molecule has 3 rings (SSSR count). The quantitative estimate of drug-likeness (QED) is 0.738. The van der Waals surface area contributed by atoms with E-state index in [0.717, 1.165) is 28.7 Å². The number of halogens is 3. The Kier molecular flexibility index (Phi) is 4.13. The number of hydrogen-bond acceptors (Lipinski definition) is 6. The van der Waals surface area contributed by atoms with Gasteiger partial charge in [0.05, 0.1) is 10.3 Å². The summed E-state index contributed by atoms with van der Waals surface area (Å²) in [5, 5.41) is 6.60. The Balaban J connectivity index is 1.91. The SMILES string of the molecule is Cn1nc(-c2ccc(S(=O)(=O)Nc3nc[c]s3)s2)cc1C(F)(F)F. The maximum Gasteiger partial charge on any atom is 0.433 e. The van der Waals surface area contributed by atoms with Gasteiger partial charge in [-0.05, 0) is 18.2 Å². The highest BCUT2D eigenvalue weighted by molar-refractivity contribution is 7.95. The number of sulfonamides is 1. The van der Waals surface area contributed by atoms with Crippen molar-refractivity contribution in [2.24, 2.45) is 7.05 Å². The van der Waals surface area contributed by atoms with Crippen LogP contribution in [0.15, 0.2) is 28.6 Å². The zero-order chi connectivity index (χ0) is 17.5. The Labute approximate surface area is 142 Å². The Morgan fingerprint density at radius 3 is 2.67 bits per heavy atom. The number of anilines is 1. The average molecular weight is 393 g/mol. The lowest BCUT2D eigenvalue weighted by molar-refractivity contribution is -0.143. The molecular weight excluding hydrogens is 385 g/mol. The number of rotatable bonds is 4. The smallest absolute Gasteiger partial charge is 0.263 e. The van der Waals surface area contributed by atoms with Crippen molar-refractivity contribution in [1.82, 2.24) is 14.8 Å². The Bertz CT molecular complexity index is 958. The third kappa shape index (κ3) is 3.30. The topological polar surface area (TPSA) is 76.9 Å². The van der Waals surface area contributed by atoms with Gasteiger partial charge in [-0.1, -0.05) is 11.3 Å². The van der Waals surface area contributed by atoms with E-state index in [1.165, 1.54) is 25.4 Å². The van der Waals surface area contributed by atoms with Gasteiger partial charge in [-0.3, -0.25) is 9.40 Å². The largest absolute Gasteiger partial charge is 0.433 e. The highest BCUT2D eigenvalue weighted by atomic mass is 32.2. The van der Waals surface area contributed by atoms with E-state index in [1.807, 2.05) is 0 Å². The first-order valence-electron chi connectivity index (χ1n) is 6.23. The third-order valence-electron chi connectivity index (χ3n) is 2.88. The molecule has 0 saturated heterocycles. The number of thiazole rings is 1. The van der Waals surface area contributed by atoms with Crippen molar-refractivity contribution in [2.75, 3.05) is 4.72 Å². The number of aromatic nitrogens is 3. The predicted octanol–water partition coefficient (Wildman–Crippen LogP) is 3.22. The van der Waals surface area contributed by atoms with Gasteiger partial charge in [0.15, 0.2) is 5.13 Å². The molecule has 127 valence electrons. The normalized spacial score (nSPS) is 12.5. The van der Waals surface area contributed by atoms with Crippen molar-refractivity contribution in [3.05, 3.63) is 35.5 Å². The third-order valence-corrected chi connectivity index (χ3v) is 6.57. The molecule has 3 aromatic rings. The molecule has 12 heteroatoms. The number of hydrogen-bond donors (Lipinski definition) is 1. The minimum absolute atomic E-state index is 0.0492. The molecule has 0 unspecified atom stereocenters. The highest BCUT2D eigenvalue weighted by Crippen LogP contribution is 2.35. The predicted molar refractivity (Wildman–Crippen MR) is 83.3 cm³/mol. The van der Waals surface area contributed by atoms with Crippen LogP contribution in [-0.4, -0.2) is 23.2 Å². The van der Waals surface area contributed by atoms with Crippen LogP contribution in [0.3, 0.4) is 0 Å². The summed E-state index contributed by atoms with van der Waals surface area (Å²) in [6, 6.07) is 3.60. The second-order valence-electron chi connectivity index (χ2n) is 4.54. The van der Waals surface area contributed by atoms with Crippen LogP contribution < -0.4 is 4.72 Å². The van der Waals surface area contributed by atoms with Crippen LogP contribution in [0.1, 0.15) is 5.69 Å². The van der Waals surface area contributed by atoms with E-state index in [1.54, 1.807) is 0 Å². The summed E-state index contributed by atoms with van der Waals surface area (Å²) in [6.07, 6.45) is -3.20. The van der Waals surface area contributed by atoms with E-state index in [4.69, 9.17) is 0 Å². The van der Waals surface area contributed by atoms with Crippen molar-refractivity contribution in [3.8, 4) is 10.6 Å². The van der Waals surface area contributed by atoms with Gasteiger partial charge in [0.25, 0.3) is 10.0 Å². The highest BCUT2D eigenvalue weighted by Gasteiger charge is 2.35. The van der Waals surface area contributed by atoms with E-state index in [2.05, 4.69) is 20.2 Å². The van der Waals surface area contributed by atoms with Gasteiger partial charge in [0, 0.05) is 13.2 Å². The van der Waals surface area contributed by atoms with E-state index in [9.17, 15) is 21.6 Å². The summed E-state index contributed by atoms with van der Waals surface area (Å²) in [4.78, 5) is 4.08. The lowest BCUT2D eigenvalue weighted by atomic mass is 10.3. The molecule has 0 aliphatic carbocycles. The number of aryl methyl sites for hydroxylation is 1. The molecule has 3 aromatic heterocycles. The van der Waals surface area contributed by atoms with Gasteiger partial charge in [-0.25, -0.2) is 13.4 Å². The first kappa shape index (κ1) is 16.9. The minimum Gasteiger partial charge on any atom is -0.263 e. The summed E-state index contributed by atoms with van der Waals surface area (Å²) < 4.78 is 65.8. The second-order valence-corrected chi connectivity index (χ2v) is 8.36. The molecule has 1 radical (unpaired) electrons. The van der Waals surface area contributed by atoms with E-state index in [-0.39, 0.29) is 15.0 Å². The Morgan fingerprint density at radius 1 is 1.33 bits per heavy atom. The molecule has 0 amide bonds. The maximum atomic E-state index is 12.8. The zero-order valence-electron chi connectivity index (χ0n) is 11.8. The molecule has 0 atom stereocenters. The van der Waals surface area contributed by atoms with Crippen molar-refractivity contribution in [3.63, 3.8) is 0 Å². The number of nitrogens with one attached hydrogen (secondary N) is 1. The van der Waals surface area contributed by atoms with Crippen molar-refractivity contribution in [2.45, 2.75) is 10.4 Å². The number of alkyl halides is 3. The van der Waals surface area contributed by atoms with E-state index < -0.39 is 21.9 Å². The molecule has 0 spiro atoms. The van der Waals surface area contributed by atoms with Gasteiger partial charge >= 0.3 is 6.18 Å². The zero-order valence-corrected chi connectivity index (χ0v) is 14.3. The van der Waals surface area contributed by atoms with Crippen molar-refractivity contribution in [1.29, 1.82) is 0 Å². The molecule has 0 saturated carbocycles. The van der Waals surface area contributed by atoms with Crippen LogP contribution in [-0.2, 0) is 23.2 Å². The van der Waals surface area contributed by atoms with Gasteiger partial charge in [0.2, 0.25) is 0 Å². The van der Waals surface area contributed by atoms with E-state index >= 15 is 0 Å². The number of nitrogens with zero attached hydrogens (tertiary/aromatic N) is 3. The summed E-state index contributed by atoms with van der Waals surface area (Å²) in [7, 11) is -2.68. The molecule has 0 aliphatic heterocycles. The molecule has 0 bridgehead atoms. The summed E-state index contributed by atoms with van der Waals surface area (Å²) in [5.74, 6) is 0. The van der Waals surface area contributed by atoms with Gasteiger partial charge in [0.1, 0.15) is 15.6 Å². The lowest BCUT2D eigenvalue weighted by Crippen LogP contribution is -2.11.